The van der Waals surface area contributed by atoms with Crippen LogP contribution in [-0.2, 0) is 4.74 Å². The van der Waals surface area contributed by atoms with E-state index in [0.717, 1.165) is 0 Å². The minimum absolute atomic E-state index is 0.107. The Morgan fingerprint density at radius 2 is 2.00 bits per heavy atom. The molecule has 13 heavy (non-hydrogen) atoms. The summed E-state index contributed by atoms with van der Waals surface area (Å²) in [5.41, 5.74) is 0.605. The summed E-state index contributed by atoms with van der Waals surface area (Å²) in [6.45, 7) is 11.3. The fourth-order valence-corrected chi connectivity index (χ4v) is 0.876. The van der Waals surface area contributed by atoms with Crippen molar-refractivity contribution < 1.29 is 9.94 Å². The molecule has 0 radical (unpaired) electrons. The molecule has 0 bridgehead atoms. The van der Waals surface area contributed by atoms with Crippen LogP contribution in [0.25, 0.3) is 0 Å². The van der Waals surface area contributed by atoms with E-state index < -0.39 is 0 Å². The lowest BCUT2D eigenvalue weighted by molar-refractivity contribution is 0.170. The van der Waals surface area contributed by atoms with E-state index in [2.05, 4.69) is 32.9 Å². The van der Waals surface area contributed by atoms with E-state index in [4.69, 9.17) is 9.94 Å². The van der Waals surface area contributed by atoms with E-state index in [1.54, 1.807) is 0 Å². The lowest BCUT2D eigenvalue weighted by atomic mass is 9.77. The van der Waals surface area contributed by atoms with Gasteiger partial charge in [0.2, 0.25) is 0 Å². The molecule has 0 saturated heterocycles. The Kier molecular flexibility index (Phi) is 4.99. The molecule has 0 aliphatic rings. The largest absolute Gasteiger partial charge is 0.411 e. The van der Waals surface area contributed by atoms with Crippen molar-refractivity contribution in [3.8, 4) is 0 Å². The number of rotatable bonds is 5. The van der Waals surface area contributed by atoms with Gasteiger partial charge in [-0.25, -0.2) is 0 Å². The summed E-state index contributed by atoms with van der Waals surface area (Å²) in [6, 6.07) is 0. The zero-order chi connectivity index (χ0) is 10.5. The van der Waals surface area contributed by atoms with Gasteiger partial charge in [0.1, 0.15) is 0 Å². The molecule has 1 N–H and O–H groups in total. The van der Waals surface area contributed by atoms with Crippen LogP contribution in [0, 0.1) is 11.3 Å². The monoisotopic (exact) mass is 187 g/mol. The first-order valence-electron chi connectivity index (χ1n) is 4.75. The molecule has 0 aromatic rings. The third-order valence-corrected chi connectivity index (χ3v) is 2.75. The van der Waals surface area contributed by atoms with E-state index >= 15 is 0 Å². The van der Waals surface area contributed by atoms with Crippen LogP contribution >= 0.6 is 0 Å². The fourth-order valence-electron chi connectivity index (χ4n) is 0.876. The van der Waals surface area contributed by atoms with Crippen LogP contribution in [0.2, 0.25) is 0 Å². The summed E-state index contributed by atoms with van der Waals surface area (Å²) in [6.07, 6.45) is 0. The van der Waals surface area contributed by atoms with Crippen molar-refractivity contribution in [1.29, 1.82) is 0 Å². The van der Waals surface area contributed by atoms with E-state index in [9.17, 15) is 0 Å². The predicted octanol–water partition coefficient (Wildman–Crippen LogP) is 2.54. The van der Waals surface area contributed by atoms with Crippen molar-refractivity contribution in [1.82, 2.24) is 0 Å². The molecule has 0 spiro atoms. The highest BCUT2D eigenvalue weighted by molar-refractivity contribution is 5.90. The van der Waals surface area contributed by atoms with Gasteiger partial charge in [0.15, 0.2) is 0 Å². The van der Waals surface area contributed by atoms with Crippen LogP contribution in [0.1, 0.15) is 34.6 Å². The average molecular weight is 187 g/mol. The number of nitrogens with zero attached hydrogens (tertiary/aromatic N) is 1. The molecule has 0 aliphatic heterocycles. The van der Waals surface area contributed by atoms with Gasteiger partial charge in [-0.15, -0.1) is 0 Å². The molecule has 0 aromatic heterocycles. The first-order chi connectivity index (χ1) is 5.96. The molecule has 0 unspecified atom stereocenters. The lowest BCUT2D eigenvalue weighted by Gasteiger charge is -2.29. The molecule has 0 atom stereocenters. The highest BCUT2D eigenvalue weighted by Gasteiger charge is 2.29. The normalized spacial score (nSPS) is 13.8. The van der Waals surface area contributed by atoms with Gasteiger partial charge in [0.05, 0.1) is 12.3 Å². The number of hydrogen-bond acceptors (Lipinski definition) is 3. The lowest BCUT2D eigenvalue weighted by Crippen LogP contribution is -2.33. The van der Waals surface area contributed by atoms with E-state index in [1.165, 1.54) is 0 Å². The van der Waals surface area contributed by atoms with Crippen molar-refractivity contribution in [3.63, 3.8) is 0 Å². The minimum Gasteiger partial charge on any atom is -0.411 e. The Morgan fingerprint density at radius 3 is 2.31 bits per heavy atom. The van der Waals surface area contributed by atoms with Gasteiger partial charge in [-0.1, -0.05) is 32.9 Å². The Morgan fingerprint density at radius 1 is 1.46 bits per heavy atom. The van der Waals surface area contributed by atoms with Crippen molar-refractivity contribution in [2.45, 2.75) is 34.6 Å². The van der Waals surface area contributed by atoms with Crippen LogP contribution in [-0.4, -0.2) is 24.1 Å². The van der Waals surface area contributed by atoms with Gasteiger partial charge >= 0.3 is 0 Å². The Hall–Kier alpha value is -0.570. The van der Waals surface area contributed by atoms with Crippen molar-refractivity contribution in [2.75, 3.05) is 13.2 Å². The highest BCUT2D eigenvalue weighted by atomic mass is 16.5. The van der Waals surface area contributed by atoms with Gasteiger partial charge in [-0.05, 0) is 12.8 Å². The number of hydrogen-bond donors (Lipinski definition) is 1. The van der Waals surface area contributed by atoms with Gasteiger partial charge < -0.3 is 9.94 Å². The first-order valence-corrected chi connectivity index (χ1v) is 4.75. The summed E-state index contributed by atoms with van der Waals surface area (Å²) >= 11 is 0. The average Bonchev–Trinajstić information content (AvgIpc) is 2.05. The molecular formula is C10H21NO2. The topological polar surface area (TPSA) is 41.8 Å². The van der Waals surface area contributed by atoms with Gasteiger partial charge in [0.25, 0.3) is 0 Å². The number of ether oxygens (including phenoxy) is 1. The number of oxime groups is 1. The van der Waals surface area contributed by atoms with E-state index in [0.29, 0.717) is 24.8 Å². The highest BCUT2D eigenvalue weighted by Crippen LogP contribution is 2.28. The molecule has 0 rings (SSSR count). The summed E-state index contributed by atoms with van der Waals surface area (Å²) < 4.78 is 5.23. The maximum absolute atomic E-state index is 8.85. The second-order valence-corrected chi connectivity index (χ2v) is 4.06. The summed E-state index contributed by atoms with van der Waals surface area (Å²) in [7, 11) is 0. The third-order valence-electron chi connectivity index (χ3n) is 2.75. The molecule has 0 fully saturated rings. The smallest absolute Gasteiger partial charge is 0.0887 e. The molecule has 3 nitrogen and oxygen atoms in total. The van der Waals surface area contributed by atoms with Crippen molar-refractivity contribution in [2.24, 2.45) is 16.5 Å². The Balaban J connectivity index is 4.40. The Bertz CT molecular complexity index is 174. The molecular weight excluding hydrogens is 166 g/mol. The van der Waals surface area contributed by atoms with Crippen LogP contribution in [0.15, 0.2) is 5.16 Å². The maximum Gasteiger partial charge on any atom is 0.0887 e. The van der Waals surface area contributed by atoms with Gasteiger partial charge in [0, 0.05) is 12.0 Å². The predicted molar refractivity (Wildman–Crippen MR) is 54.3 cm³/mol. The van der Waals surface area contributed by atoms with Gasteiger partial charge in [-0.3, -0.25) is 0 Å². The summed E-state index contributed by atoms with van der Waals surface area (Å²) in [5.74, 6) is 0.429. The second-order valence-electron chi connectivity index (χ2n) is 4.06. The summed E-state index contributed by atoms with van der Waals surface area (Å²) in [4.78, 5) is 0. The SMILES string of the molecule is CCOCC(=NO)C(C)(C)C(C)C. The molecule has 0 heterocycles. The first kappa shape index (κ1) is 12.4. The van der Waals surface area contributed by atoms with E-state index in [-0.39, 0.29) is 5.41 Å². The zero-order valence-corrected chi connectivity index (χ0v) is 9.29. The van der Waals surface area contributed by atoms with Crippen LogP contribution < -0.4 is 0 Å². The van der Waals surface area contributed by atoms with Crippen molar-refractivity contribution >= 4 is 5.71 Å². The van der Waals surface area contributed by atoms with Crippen LogP contribution in [0.5, 0.6) is 0 Å². The van der Waals surface area contributed by atoms with Gasteiger partial charge in [-0.2, -0.15) is 0 Å². The molecule has 3 heteroatoms. The maximum atomic E-state index is 8.85. The standard InChI is InChI=1S/C10H21NO2/c1-6-13-7-9(11-12)10(4,5)8(2)3/h8,12H,6-7H2,1-5H3. The molecule has 0 saturated carbocycles. The van der Waals surface area contributed by atoms with Crippen molar-refractivity contribution in [3.05, 3.63) is 0 Å². The molecule has 78 valence electrons. The van der Waals surface area contributed by atoms with E-state index in [1.807, 2.05) is 6.92 Å². The summed E-state index contributed by atoms with van der Waals surface area (Å²) in [5, 5.41) is 12.2. The van der Waals surface area contributed by atoms with Crippen LogP contribution in [0.4, 0.5) is 0 Å². The fraction of sp³-hybridized carbons (Fsp3) is 0.900. The third kappa shape index (κ3) is 3.35. The Labute approximate surface area is 80.8 Å². The second kappa shape index (κ2) is 5.22. The molecule has 0 amide bonds. The molecule has 0 aliphatic carbocycles. The van der Waals surface area contributed by atoms with Crippen LogP contribution in [0.3, 0.4) is 0 Å². The quantitative estimate of drug-likeness (QED) is 0.408. The zero-order valence-electron chi connectivity index (χ0n) is 9.29. The molecule has 0 aromatic carbocycles. The minimum atomic E-state index is -0.107.